The molecule has 0 saturated heterocycles. The Morgan fingerprint density at radius 2 is 1.23 bits per heavy atom. The van der Waals surface area contributed by atoms with E-state index < -0.39 is 0 Å². The third kappa shape index (κ3) is 20.2. The van der Waals surface area contributed by atoms with E-state index in [2.05, 4.69) is 24.4 Å². The van der Waals surface area contributed by atoms with Gasteiger partial charge in [0, 0.05) is 13.5 Å². The normalized spacial score (nSPS) is 10.6. The molecule has 2 nitrogen and oxygen atoms in total. The van der Waals surface area contributed by atoms with Crippen LogP contribution < -0.4 is 5.32 Å². The van der Waals surface area contributed by atoms with Gasteiger partial charge >= 0.3 is 29.6 Å². The Morgan fingerprint density at radius 3 is 1.73 bits per heavy atom. The third-order valence-electron chi connectivity index (χ3n) is 3.94. The van der Waals surface area contributed by atoms with E-state index in [9.17, 15) is 4.79 Å². The van der Waals surface area contributed by atoms with Crippen LogP contribution in [0.5, 0.6) is 0 Å². The van der Waals surface area contributed by atoms with E-state index in [1.165, 1.54) is 77.0 Å². The van der Waals surface area contributed by atoms with Crippen molar-refractivity contribution in [1.29, 1.82) is 0 Å². The fourth-order valence-electron chi connectivity index (χ4n) is 2.48. The van der Waals surface area contributed by atoms with E-state index in [-0.39, 0.29) is 35.5 Å². The van der Waals surface area contributed by atoms with Crippen LogP contribution in [0.25, 0.3) is 0 Å². The molecule has 0 rings (SSSR count). The molecule has 3 heteroatoms. The standard InChI is InChI=1S/C19H37NO.Na.H/c1-3-4-5-6-7-8-9-10-11-12-13-14-15-16-17-18-19(21)20-2;;/h10-11H,3-9,12-18H2,1-2H3,(H,20,21);;/b11-10-;;. The van der Waals surface area contributed by atoms with E-state index in [0.29, 0.717) is 6.42 Å². The number of hydrogen-bond donors (Lipinski definition) is 1. The zero-order valence-corrected chi connectivity index (χ0v) is 14.5. The molecule has 0 aliphatic carbocycles. The van der Waals surface area contributed by atoms with E-state index in [1.54, 1.807) is 7.05 Å². The molecule has 0 unspecified atom stereocenters. The van der Waals surface area contributed by atoms with Crippen molar-refractivity contribution in [3.63, 3.8) is 0 Å². The van der Waals surface area contributed by atoms with Crippen LogP contribution >= 0.6 is 0 Å². The Kier molecular flexibility index (Phi) is 23.6. The number of rotatable bonds is 15. The molecule has 0 aromatic carbocycles. The number of hydrogen-bond acceptors (Lipinski definition) is 1. The third-order valence-corrected chi connectivity index (χ3v) is 3.94. The first kappa shape index (κ1) is 24.5. The summed E-state index contributed by atoms with van der Waals surface area (Å²) >= 11 is 0. The van der Waals surface area contributed by atoms with Gasteiger partial charge in [-0.15, -0.1) is 0 Å². The Balaban J connectivity index is 0. The fraction of sp³-hybridized carbons (Fsp3) is 0.842. The van der Waals surface area contributed by atoms with E-state index in [1.807, 2.05) is 0 Å². The fourth-order valence-corrected chi connectivity index (χ4v) is 2.48. The van der Waals surface area contributed by atoms with Crippen LogP contribution in [0.2, 0.25) is 0 Å². The molecule has 1 amide bonds. The van der Waals surface area contributed by atoms with Crippen molar-refractivity contribution in [2.75, 3.05) is 7.05 Å². The number of carbonyl (C=O) groups excluding carboxylic acids is 1. The Hall–Kier alpha value is 0.210. The van der Waals surface area contributed by atoms with Crippen LogP contribution in [-0.4, -0.2) is 42.5 Å². The van der Waals surface area contributed by atoms with Crippen molar-refractivity contribution in [1.82, 2.24) is 5.32 Å². The summed E-state index contributed by atoms with van der Waals surface area (Å²) < 4.78 is 0. The summed E-state index contributed by atoms with van der Waals surface area (Å²) in [6, 6.07) is 0. The van der Waals surface area contributed by atoms with Crippen molar-refractivity contribution < 1.29 is 4.79 Å². The summed E-state index contributed by atoms with van der Waals surface area (Å²) in [7, 11) is 1.71. The van der Waals surface area contributed by atoms with Gasteiger partial charge in [0.15, 0.2) is 0 Å². The van der Waals surface area contributed by atoms with Crippen LogP contribution in [0.4, 0.5) is 0 Å². The van der Waals surface area contributed by atoms with Gasteiger partial charge in [-0.1, -0.05) is 70.4 Å². The van der Waals surface area contributed by atoms with Crippen molar-refractivity contribution in [2.24, 2.45) is 0 Å². The average Bonchev–Trinajstić information content (AvgIpc) is 2.50. The van der Waals surface area contributed by atoms with Gasteiger partial charge in [-0.05, 0) is 32.1 Å². The summed E-state index contributed by atoms with van der Waals surface area (Å²) in [4.78, 5) is 11.0. The molecule has 0 saturated carbocycles. The number of unbranched alkanes of at least 4 members (excludes halogenated alkanes) is 11. The zero-order chi connectivity index (χ0) is 15.6. The molecular weight excluding hydrogens is 281 g/mol. The Morgan fingerprint density at radius 1 is 0.773 bits per heavy atom. The average molecular weight is 320 g/mol. The minimum atomic E-state index is 0. The van der Waals surface area contributed by atoms with Gasteiger partial charge < -0.3 is 5.32 Å². The summed E-state index contributed by atoms with van der Waals surface area (Å²) in [6.45, 7) is 2.27. The molecule has 22 heavy (non-hydrogen) atoms. The first-order chi connectivity index (χ1) is 10.3. The molecule has 0 aromatic heterocycles. The van der Waals surface area contributed by atoms with Gasteiger partial charge in [-0.2, -0.15) is 0 Å². The molecule has 1 N–H and O–H groups in total. The molecule has 0 radical (unpaired) electrons. The van der Waals surface area contributed by atoms with Crippen LogP contribution in [0.1, 0.15) is 96.8 Å². The molecule has 0 aliphatic rings. The SMILES string of the molecule is CCCCCCCC/C=C\CCCCCCCC(=O)NC.[NaH]. The van der Waals surface area contributed by atoms with Crippen molar-refractivity contribution in [3.8, 4) is 0 Å². The van der Waals surface area contributed by atoms with Gasteiger partial charge in [0.25, 0.3) is 0 Å². The second-order valence-electron chi connectivity index (χ2n) is 6.01. The molecule has 0 aromatic rings. The minimum absolute atomic E-state index is 0. The van der Waals surface area contributed by atoms with Crippen LogP contribution in [0.3, 0.4) is 0 Å². The van der Waals surface area contributed by atoms with E-state index >= 15 is 0 Å². The second kappa shape index (κ2) is 21.2. The van der Waals surface area contributed by atoms with E-state index in [0.717, 1.165) is 6.42 Å². The molecule has 0 heterocycles. The number of nitrogens with one attached hydrogen (secondary N) is 1. The zero-order valence-electron chi connectivity index (χ0n) is 14.5. The van der Waals surface area contributed by atoms with Crippen molar-refractivity contribution >= 4 is 35.5 Å². The van der Waals surface area contributed by atoms with Crippen LogP contribution in [0.15, 0.2) is 12.2 Å². The van der Waals surface area contributed by atoms with Crippen LogP contribution in [-0.2, 0) is 4.79 Å². The summed E-state index contributed by atoms with van der Waals surface area (Å²) in [6.07, 6.45) is 22.3. The van der Waals surface area contributed by atoms with Crippen molar-refractivity contribution in [2.45, 2.75) is 96.8 Å². The monoisotopic (exact) mass is 319 g/mol. The summed E-state index contributed by atoms with van der Waals surface area (Å²) in [5, 5.41) is 2.67. The predicted octanol–water partition coefficient (Wildman–Crippen LogP) is 5.12. The van der Waals surface area contributed by atoms with E-state index in [4.69, 9.17) is 0 Å². The van der Waals surface area contributed by atoms with Gasteiger partial charge in [-0.25, -0.2) is 0 Å². The van der Waals surface area contributed by atoms with Gasteiger partial charge in [0.2, 0.25) is 5.91 Å². The quantitative estimate of drug-likeness (QED) is 0.253. The maximum absolute atomic E-state index is 11.0. The molecular formula is C19H38NNaO. The molecule has 126 valence electrons. The summed E-state index contributed by atoms with van der Waals surface area (Å²) in [5.41, 5.74) is 0. The van der Waals surface area contributed by atoms with Crippen LogP contribution in [0, 0.1) is 0 Å². The number of carbonyl (C=O) groups is 1. The topological polar surface area (TPSA) is 29.1 Å². The van der Waals surface area contributed by atoms with Gasteiger partial charge in [0.1, 0.15) is 0 Å². The first-order valence-electron chi connectivity index (χ1n) is 9.16. The Labute approximate surface area is 161 Å². The van der Waals surface area contributed by atoms with Gasteiger partial charge in [0.05, 0.1) is 0 Å². The van der Waals surface area contributed by atoms with Crippen molar-refractivity contribution in [3.05, 3.63) is 12.2 Å². The molecule has 0 aliphatic heterocycles. The molecule has 0 bridgehead atoms. The maximum atomic E-state index is 11.0. The predicted molar refractivity (Wildman–Crippen MR) is 101 cm³/mol. The number of amides is 1. The first-order valence-corrected chi connectivity index (χ1v) is 9.16. The molecule has 0 fully saturated rings. The summed E-state index contributed by atoms with van der Waals surface area (Å²) in [5.74, 6) is 0.174. The molecule has 0 spiro atoms. The molecule has 0 atom stereocenters. The Bertz CT molecular complexity index is 254. The second-order valence-corrected chi connectivity index (χ2v) is 6.01. The number of allylic oxidation sites excluding steroid dienone is 2. The van der Waals surface area contributed by atoms with Gasteiger partial charge in [-0.3, -0.25) is 4.79 Å².